The van der Waals surface area contributed by atoms with Crippen LogP contribution in [0.5, 0.6) is 17.2 Å². The zero-order valence-electron chi connectivity index (χ0n) is 21.2. The van der Waals surface area contributed by atoms with Crippen LogP contribution in [0.2, 0.25) is 0 Å². The van der Waals surface area contributed by atoms with Crippen molar-refractivity contribution in [3.8, 4) is 22.9 Å². The molecule has 186 valence electrons. The summed E-state index contributed by atoms with van der Waals surface area (Å²) in [6.45, 7) is 7.70. The molecule has 0 bridgehead atoms. The molecule has 1 saturated heterocycles. The Morgan fingerprint density at radius 3 is 2.20 bits per heavy atom. The standard InChI is InChI=1S/C27H34N4O4/c1-19(2)22-17-23(31(28-22)21-9-7-6-8-10-21)27(32)30-15-13-29(14-16-30)18-20-11-12-24(33-3)26(35-5)25(20)34-4/h6-12,17,19H,13-16,18H2,1-5H3. The Balaban J connectivity index is 1.48. The van der Waals surface area contributed by atoms with E-state index in [-0.39, 0.29) is 11.8 Å². The van der Waals surface area contributed by atoms with Gasteiger partial charge in [-0.1, -0.05) is 38.1 Å². The fourth-order valence-corrected chi connectivity index (χ4v) is 4.40. The van der Waals surface area contributed by atoms with Gasteiger partial charge in [-0.15, -0.1) is 0 Å². The highest BCUT2D eigenvalue weighted by Gasteiger charge is 2.27. The molecule has 0 atom stereocenters. The molecule has 0 radical (unpaired) electrons. The van der Waals surface area contributed by atoms with Crippen molar-refractivity contribution in [2.45, 2.75) is 26.3 Å². The summed E-state index contributed by atoms with van der Waals surface area (Å²) >= 11 is 0. The number of aromatic nitrogens is 2. The fourth-order valence-electron chi connectivity index (χ4n) is 4.40. The van der Waals surface area contributed by atoms with E-state index in [0.717, 1.165) is 30.0 Å². The van der Waals surface area contributed by atoms with Gasteiger partial charge in [0.25, 0.3) is 5.91 Å². The van der Waals surface area contributed by atoms with Gasteiger partial charge in [0, 0.05) is 38.3 Å². The van der Waals surface area contributed by atoms with Crippen molar-refractivity contribution < 1.29 is 19.0 Å². The lowest BCUT2D eigenvalue weighted by Crippen LogP contribution is -2.48. The first-order valence-corrected chi connectivity index (χ1v) is 11.9. The molecular formula is C27H34N4O4. The van der Waals surface area contributed by atoms with Crippen molar-refractivity contribution in [3.63, 3.8) is 0 Å². The van der Waals surface area contributed by atoms with E-state index in [9.17, 15) is 4.79 Å². The lowest BCUT2D eigenvalue weighted by Gasteiger charge is -2.35. The molecular weight excluding hydrogens is 444 g/mol. The number of nitrogens with zero attached hydrogens (tertiary/aromatic N) is 4. The summed E-state index contributed by atoms with van der Waals surface area (Å²) < 4.78 is 18.3. The van der Waals surface area contributed by atoms with E-state index in [2.05, 4.69) is 18.7 Å². The second-order valence-corrected chi connectivity index (χ2v) is 8.92. The minimum absolute atomic E-state index is 0.0107. The van der Waals surface area contributed by atoms with Gasteiger partial charge in [-0.05, 0) is 30.2 Å². The number of ether oxygens (including phenoxy) is 3. The number of piperazine rings is 1. The molecule has 1 aliphatic rings. The number of carbonyl (C=O) groups is 1. The summed E-state index contributed by atoms with van der Waals surface area (Å²) in [7, 11) is 4.86. The van der Waals surface area contributed by atoms with E-state index in [1.54, 1.807) is 26.0 Å². The van der Waals surface area contributed by atoms with Crippen molar-refractivity contribution in [2.75, 3.05) is 47.5 Å². The number of para-hydroxylation sites is 1. The molecule has 0 saturated carbocycles. The molecule has 2 aromatic carbocycles. The maximum Gasteiger partial charge on any atom is 0.272 e. The quantitative estimate of drug-likeness (QED) is 0.488. The Kier molecular flexibility index (Phi) is 7.60. The Morgan fingerprint density at radius 1 is 0.914 bits per heavy atom. The van der Waals surface area contributed by atoms with Gasteiger partial charge in [0.05, 0.1) is 32.7 Å². The second kappa shape index (κ2) is 10.8. The summed E-state index contributed by atoms with van der Waals surface area (Å²) in [6.07, 6.45) is 0. The van der Waals surface area contributed by atoms with Crippen LogP contribution < -0.4 is 14.2 Å². The van der Waals surface area contributed by atoms with Crippen LogP contribution in [0.15, 0.2) is 48.5 Å². The van der Waals surface area contributed by atoms with Crippen LogP contribution in [0.3, 0.4) is 0 Å². The molecule has 1 amide bonds. The van der Waals surface area contributed by atoms with Crippen LogP contribution in [0.4, 0.5) is 0 Å². The highest BCUT2D eigenvalue weighted by atomic mass is 16.5. The molecule has 8 nitrogen and oxygen atoms in total. The van der Waals surface area contributed by atoms with Gasteiger partial charge in [-0.3, -0.25) is 9.69 Å². The van der Waals surface area contributed by atoms with Crippen molar-refractivity contribution in [1.82, 2.24) is 19.6 Å². The third-order valence-corrected chi connectivity index (χ3v) is 6.38. The summed E-state index contributed by atoms with van der Waals surface area (Å²) in [4.78, 5) is 17.8. The molecule has 3 aromatic rings. The van der Waals surface area contributed by atoms with Gasteiger partial charge in [0.15, 0.2) is 11.5 Å². The molecule has 8 heteroatoms. The maximum atomic E-state index is 13.5. The van der Waals surface area contributed by atoms with Gasteiger partial charge >= 0.3 is 0 Å². The van der Waals surface area contributed by atoms with Crippen LogP contribution in [-0.2, 0) is 6.54 Å². The Bertz CT molecular complexity index is 1150. The predicted molar refractivity (Wildman–Crippen MR) is 135 cm³/mol. The number of hydrogen-bond acceptors (Lipinski definition) is 6. The van der Waals surface area contributed by atoms with Crippen LogP contribution >= 0.6 is 0 Å². The molecule has 0 N–H and O–H groups in total. The molecule has 0 spiro atoms. The van der Waals surface area contributed by atoms with Gasteiger partial charge in [0.2, 0.25) is 5.75 Å². The van der Waals surface area contributed by atoms with Crippen molar-refractivity contribution in [2.24, 2.45) is 0 Å². The topological polar surface area (TPSA) is 69.1 Å². The van der Waals surface area contributed by atoms with Crippen LogP contribution in [0.1, 0.15) is 41.5 Å². The Hall–Kier alpha value is -3.52. The van der Waals surface area contributed by atoms with Crippen molar-refractivity contribution in [1.29, 1.82) is 0 Å². The predicted octanol–water partition coefficient (Wildman–Crippen LogP) is 3.98. The summed E-state index contributed by atoms with van der Waals surface area (Å²) in [5, 5.41) is 4.74. The minimum Gasteiger partial charge on any atom is -0.493 e. The van der Waals surface area contributed by atoms with E-state index in [1.807, 2.05) is 53.4 Å². The van der Waals surface area contributed by atoms with Crippen molar-refractivity contribution >= 4 is 5.91 Å². The van der Waals surface area contributed by atoms with Gasteiger partial charge in [-0.2, -0.15) is 5.10 Å². The highest BCUT2D eigenvalue weighted by Crippen LogP contribution is 2.40. The number of methoxy groups -OCH3 is 3. The number of rotatable bonds is 8. The van der Waals surface area contributed by atoms with E-state index < -0.39 is 0 Å². The van der Waals surface area contributed by atoms with E-state index in [1.165, 1.54) is 0 Å². The first-order valence-electron chi connectivity index (χ1n) is 11.9. The number of carbonyl (C=O) groups excluding carboxylic acids is 1. The molecule has 2 heterocycles. The maximum absolute atomic E-state index is 13.5. The highest BCUT2D eigenvalue weighted by molar-refractivity contribution is 5.93. The largest absolute Gasteiger partial charge is 0.493 e. The molecule has 0 aliphatic carbocycles. The van der Waals surface area contributed by atoms with E-state index in [4.69, 9.17) is 19.3 Å². The van der Waals surface area contributed by atoms with Crippen molar-refractivity contribution in [3.05, 3.63) is 65.5 Å². The van der Waals surface area contributed by atoms with Crippen LogP contribution in [0.25, 0.3) is 5.69 Å². The first-order chi connectivity index (χ1) is 17.0. The Morgan fingerprint density at radius 2 is 1.60 bits per heavy atom. The average Bonchev–Trinajstić information content (AvgIpc) is 3.35. The summed E-state index contributed by atoms with van der Waals surface area (Å²) in [6, 6.07) is 15.7. The smallest absolute Gasteiger partial charge is 0.272 e. The fraction of sp³-hybridized carbons (Fsp3) is 0.407. The van der Waals surface area contributed by atoms with Crippen LogP contribution in [-0.4, -0.2) is 73.0 Å². The second-order valence-electron chi connectivity index (χ2n) is 8.92. The summed E-state index contributed by atoms with van der Waals surface area (Å²) in [5.74, 6) is 2.16. The number of benzene rings is 2. The number of amides is 1. The Labute approximate surface area is 207 Å². The third-order valence-electron chi connectivity index (χ3n) is 6.38. The first kappa shape index (κ1) is 24.6. The normalized spacial score (nSPS) is 14.3. The van der Waals surface area contributed by atoms with E-state index in [0.29, 0.717) is 42.6 Å². The summed E-state index contributed by atoms with van der Waals surface area (Å²) in [5.41, 5.74) is 3.43. The van der Waals surface area contributed by atoms with Gasteiger partial charge in [0.1, 0.15) is 5.69 Å². The average molecular weight is 479 g/mol. The molecule has 35 heavy (non-hydrogen) atoms. The van der Waals surface area contributed by atoms with Gasteiger partial charge in [-0.25, -0.2) is 4.68 Å². The zero-order chi connectivity index (χ0) is 24.9. The van der Waals surface area contributed by atoms with Crippen LogP contribution in [0, 0.1) is 0 Å². The third kappa shape index (κ3) is 5.12. The lowest BCUT2D eigenvalue weighted by molar-refractivity contribution is 0.0618. The minimum atomic E-state index is 0.0107. The molecule has 1 aliphatic heterocycles. The number of hydrogen-bond donors (Lipinski definition) is 0. The monoisotopic (exact) mass is 478 g/mol. The molecule has 1 fully saturated rings. The van der Waals surface area contributed by atoms with E-state index >= 15 is 0 Å². The van der Waals surface area contributed by atoms with Gasteiger partial charge < -0.3 is 19.1 Å². The molecule has 0 unspecified atom stereocenters. The molecule has 1 aromatic heterocycles. The zero-order valence-corrected chi connectivity index (χ0v) is 21.2. The SMILES string of the molecule is COc1ccc(CN2CCN(C(=O)c3cc(C(C)C)nn3-c3ccccc3)CC2)c(OC)c1OC. The molecule has 4 rings (SSSR count). The lowest BCUT2D eigenvalue weighted by atomic mass is 10.1.